The van der Waals surface area contributed by atoms with E-state index in [1.54, 1.807) is 0 Å². The third kappa shape index (κ3) is 3.52. The van der Waals surface area contributed by atoms with Gasteiger partial charge < -0.3 is 15.8 Å². The average Bonchev–Trinajstić information content (AvgIpc) is 3.28. The van der Waals surface area contributed by atoms with Gasteiger partial charge in [0.15, 0.2) is 0 Å². The summed E-state index contributed by atoms with van der Waals surface area (Å²) in [6.45, 7) is 4.60. The minimum Gasteiger partial charge on any atom is -0.411 e. The number of carbonyl (C=O) groups excluding carboxylic acids is 1. The summed E-state index contributed by atoms with van der Waals surface area (Å²) in [6.07, 6.45) is 10.7. The van der Waals surface area contributed by atoms with Crippen molar-refractivity contribution in [2.24, 2.45) is 50.5 Å². The van der Waals surface area contributed by atoms with Crippen molar-refractivity contribution in [3.8, 4) is 0 Å². The van der Waals surface area contributed by atoms with E-state index >= 15 is 0 Å². The van der Waals surface area contributed by atoms with E-state index in [0.717, 1.165) is 82.1 Å². The molecule has 0 amide bonds. The van der Waals surface area contributed by atoms with Crippen molar-refractivity contribution >= 4 is 29.6 Å². The van der Waals surface area contributed by atoms with E-state index < -0.39 is 0 Å². The second kappa shape index (κ2) is 8.33. The van der Waals surface area contributed by atoms with E-state index in [0.29, 0.717) is 23.5 Å². The Kier molecular flexibility index (Phi) is 6.19. The Morgan fingerprint density at radius 1 is 1.06 bits per heavy atom. The number of nitrogens with two attached hydrogens (primary N) is 1. The van der Waals surface area contributed by atoms with Crippen LogP contribution in [0.15, 0.2) is 10.3 Å². The second-order valence-electron chi connectivity index (χ2n) is 11.2. The molecule has 5 fully saturated rings. The van der Waals surface area contributed by atoms with Gasteiger partial charge in [-0.3, -0.25) is 4.79 Å². The minimum atomic E-state index is -0.153. The summed E-state index contributed by atoms with van der Waals surface area (Å²) in [5.74, 6) is 2.19. The molecule has 8 atom stereocenters. The lowest BCUT2D eigenvalue weighted by Gasteiger charge is -2.59. The molecule has 0 spiro atoms. The monoisotopic (exact) mass is 451 g/mol. The summed E-state index contributed by atoms with van der Waals surface area (Å²) in [5, 5.41) is 18.3. The van der Waals surface area contributed by atoms with Crippen LogP contribution in [0.5, 0.6) is 0 Å². The number of hydrogen-bond donors (Lipinski definition) is 2. The largest absolute Gasteiger partial charge is 0.411 e. The highest BCUT2D eigenvalue weighted by Gasteiger charge is 2.61. The van der Waals surface area contributed by atoms with Crippen LogP contribution in [0.2, 0.25) is 0 Å². The minimum absolute atomic E-state index is 0. The predicted octanol–water partition coefficient (Wildman–Crippen LogP) is 4.71. The van der Waals surface area contributed by atoms with Gasteiger partial charge in [0.2, 0.25) is 0 Å². The normalized spacial score (nSPS) is 49.3. The molecule has 7 heteroatoms. The Hall–Kier alpha value is -1.14. The number of hydrogen-bond acceptors (Lipinski definition) is 6. The van der Waals surface area contributed by atoms with Crippen LogP contribution in [0.4, 0.5) is 0 Å². The van der Waals surface area contributed by atoms with Crippen LogP contribution in [0.3, 0.4) is 0 Å². The summed E-state index contributed by atoms with van der Waals surface area (Å²) in [6, 6.07) is 0.0962. The first-order valence-electron chi connectivity index (χ1n) is 12.1. The predicted molar refractivity (Wildman–Crippen MR) is 123 cm³/mol. The van der Waals surface area contributed by atoms with Crippen LogP contribution < -0.4 is 5.73 Å². The summed E-state index contributed by atoms with van der Waals surface area (Å²) in [4.78, 5) is 18.5. The van der Waals surface area contributed by atoms with E-state index in [1.807, 2.05) is 0 Å². The van der Waals surface area contributed by atoms with Crippen molar-refractivity contribution in [1.82, 2.24) is 0 Å². The summed E-state index contributed by atoms with van der Waals surface area (Å²) < 4.78 is 0. The van der Waals surface area contributed by atoms with Gasteiger partial charge in [0, 0.05) is 23.8 Å². The maximum atomic E-state index is 12.6. The number of rotatable bonds is 2. The van der Waals surface area contributed by atoms with Gasteiger partial charge in [0.25, 0.3) is 0 Å². The zero-order chi connectivity index (χ0) is 21.1. The Bertz CT molecular complexity index is 786. The molecule has 0 heterocycles. The lowest BCUT2D eigenvalue weighted by molar-refractivity contribution is -0.133. The number of Topliss-reactive ketones (excluding diaryl/α,β-unsaturated/α-hetero) is 1. The lowest BCUT2D eigenvalue weighted by Crippen LogP contribution is -2.56. The van der Waals surface area contributed by atoms with Crippen LogP contribution >= 0.6 is 12.4 Å². The van der Waals surface area contributed by atoms with Crippen LogP contribution in [0, 0.1) is 34.5 Å². The Balaban J connectivity index is 0.00000231. The third-order valence-electron chi connectivity index (χ3n) is 9.98. The highest BCUT2D eigenvalue weighted by atomic mass is 35.5. The van der Waals surface area contributed by atoms with Crippen molar-refractivity contribution in [2.45, 2.75) is 96.6 Å². The number of halogens is 1. The van der Waals surface area contributed by atoms with Crippen LogP contribution in [-0.4, -0.2) is 34.6 Å². The maximum absolute atomic E-state index is 12.6. The molecule has 5 saturated carbocycles. The zero-order valence-electron chi connectivity index (χ0n) is 18.9. The maximum Gasteiger partial charge on any atom is 0.142 e. The SMILES string of the molecule is C[C@]12CCC(=NO[C@@H]3CCC[C@@H]3N)C[C@@H]1/C(=N/O)C[C@@H]1[C@@H]2CC[C@]2(C)C(=O)CC[C@@H]12.Cl. The molecule has 0 saturated heterocycles. The highest BCUT2D eigenvalue weighted by molar-refractivity contribution is 5.96. The van der Waals surface area contributed by atoms with Crippen LogP contribution in [0.1, 0.15) is 84.5 Å². The quantitative estimate of drug-likeness (QED) is 0.469. The van der Waals surface area contributed by atoms with Gasteiger partial charge in [-0.05, 0) is 87.4 Å². The molecule has 31 heavy (non-hydrogen) atoms. The van der Waals surface area contributed by atoms with Gasteiger partial charge in [0.1, 0.15) is 11.9 Å². The molecule has 5 aliphatic carbocycles. The number of carbonyl (C=O) groups is 1. The fourth-order valence-corrected chi connectivity index (χ4v) is 8.07. The number of fused-ring (bicyclic) bond motifs is 5. The topological polar surface area (TPSA) is 97.3 Å². The number of ketones is 1. The van der Waals surface area contributed by atoms with E-state index in [2.05, 4.69) is 24.2 Å². The molecule has 0 radical (unpaired) electrons. The van der Waals surface area contributed by atoms with Crippen molar-refractivity contribution in [3.05, 3.63) is 0 Å². The van der Waals surface area contributed by atoms with E-state index in [4.69, 9.17) is 10.6 Å². The molecular weight excluding hydrogens is 414 g/mol. The highest BCUT2D eigenvalue weighted by Crippen LogP contribution is 2.64. The van der Waals surface area contributed by atoms with Crippen molar-refractivity contribution in [1.29, 1.82) is 0 Å². The molecular formula is C24H38ClN3O3. The Morgan fingerprint density at radius 2 is 1.87 bits per heavy atom. The lowest BCUT2D eigenvalue weighted by atomic mass is 9.45. The molecule has 0 aromatic carbocycles. The van der Waals surface area contributed by atoms with E-state index in [1.165, 1.54) is 0 Å². The number of nitrogens with zero attached hydrogens (tertiary/aromatic N) is 2. The molecule has 0 aromatic rings. The summed E-state index contributed by atoms with van der Waals surface area (Å²) in [7, 11) is 0. The summed E-state index contributed by atoms with van der Waals surface area (Å²) >= 11 is 0. The average molecular weight is 452 g/mol. The zero-order valence-corrected chi connectivity index (χ0v) is 19.7. The molecule has 0 unspecified atom stereocenters. The van der Waals surface area contributed by atoms with Crippen molar-refractivity contribution in [2.75, 3.05) is 0 Å². The molecule has 0 bridgehead atoms. The molecule has 5 aliphatic rings. The van der Waals surface area contributed by atoms with Gasteiger partial charge in [-0.25, -0.2) is 0 Å². The fraction of sp³-hybridized carbons (Fsp3) is 0.875. The Labute approximate surface area is 191 Å². The first-order valence-corrected chi connectivity index (χ1v) is 12.1. The van der Waals surface area contributed by atoms with Gasteiger partial charge in [-0.2, -0.15) is 0 Å². The van der Waals surface area contributed by atoms with Crippen molar-refractivity contribution in [3.63, 3.8) is 0 Å². The number of oxime groups is 2. The fourth-order valence-electron chi connectivity index (χ4n) is 8.07. The smallest absolute Gasteiger partial charge is 0.142 e. The first-order chi connectivity index (χ1) is 14.4. The third-order valence-corrected chi connectivity index (χ3v) is 9.98. The molecule has 6 nitrogen and oxygen atoms in total. The van der Waals surface area contributed by atoms with Gasteiger partial charge >= 0.3 is 0 Å². The summed E-state index contributed by atoms with van der Waals surface area (Å²) in [5.41, 5.74) is 8.10. The molecule has 3 N–H and O–H groups in total. The molecule has 5 rings (SSSR count). The molecule has 0 aliphatic heterocycles. The van der Waals surface area contributed by atoms with Gasteiger partial charge in [-0.15, -0.1) is 12.4 Å². The molecule has 174 valence electrons. The first kappa shape index (κ1) is 23.0. The molecule has 0 aromatic heterocycles. The van der Waals surface area contributed by atoms with E-state index in [9.17, 15) is 10.0 Å². The Morgan fingerprint density at radius 3 is 2.58 bits per heavy atom. The van der Waals surface area contributed by atoms with Crippen LogP contribution in [-0.2, 0) is 9.63 Å². The van der Waals surface area contributed by atoms with Gasteiger partial charge in [-0.1, -0.05) is 24.2 Å². The van der Waals surface area contributed by atoms with Crippen molar-refractivity contribution < 1.29 is 14.8 Å². The standard InChI is InChI=1S/C24H37N3O3.ClH/c1-23-10-8-14(27-30-21-5-3-4-19(21)25)12-18(23)20(26-29)13-15-16-6-7-22(28)24(16,2)11-9-17(15)23;/h15-19,21,29H,3-13,25H2,1-2H3;1H/b26-20+,27-14?;/t15-,16-,17-,18+,19-,21+,23+,24-;/m0./s1. The van der Waals surface area contributed by atoms with E-state index in [-0.39, 0.29) is 41.3 Å². The van der Waals surface area contributed by atoms with Gasteiger partial charge in [0.05, 0.1) is 11.4 Å². The second-order valence-corrected chi connectivity index (χ2v) is 11.2. The van der Waals surface area contributed by atoms with Crippen LogP contribution in [0.25, 0.3) is 0 Å².